The fraction of sp³-hybridized carbons (Fsp3) is 0. The number of benzene rings is 9. The maximum absolute atomic E-state index is 6.90. The van der Waals surface area contributed by atoms with E-state index in [0.717, 1.165) is 50.1 Å². The Kier molecular flexibility index (Phi) is 7.39. The molecule has 0 aliphatic carbocycles. The molecule has 0 spiro atoms. The van der Waals surface area contributed by atoms with Gasteiger partial charge in [-0.25, -0.2) is 0 Å². The summed E-state index contributed by atoms with van der Waals surface area (Å²) in [6, 6.07) is 72.0. The molecule has 2 nitrogen and oxygen atoms in total. The average molecular weight is 720 g/mol. The van der Waals surface area contributed by atoms with Gasteiger partial charge in [-0.2, -0.15) is 0 Å². The van der Waals surface area contributed by atoms with Crippen LogP contribution >= 0.6 is 11.3 Å². The van der Waals surface area contributed by atoms with Crippen molar-refractivity contribution in [2.45, 2.75) is 0 Å². The van der Waals surface area contributed by atoms with E-state index in [2.05, 4.69) is 205 Å². The van der Waals surface area contributed by atoms with Gasteiger partial charge in [-0.3, -0.25) is 0 Å². The van der Waals surface area contributed by atoms with Gasteiger partial charge in [-0.15, -0.1) is 11.3 Å². The van der Waals surface area contributed by atoms with Crippen molar-refractivity contribution in [3.05, 3.63) is 200 Å². The molecule has 0 amide bonds. The first-order chi connectivity index (χ1) is 27.3. The molecule has 0 saturated heterocycles. The molecule has 2 heterocycles. The van der Waals surface area contributed by atoms with Crippen LogP contribution in [0.1, 0.15) is 0 Å². The smallest absolute Gasteiger partial charge is 0.143 e. The van der Waals surface area contributed by atoms with Gasteiger partial charge in [0.05, 0.1) is 11.1 Å². The van der Waals surface area contributed by atoms with E-state index in [0.29, 0.717) is 0 Å². The van der Waals surface area contributed by atoms with Crippen LogP contribution in [0.3, 0.4) is 0 Å². The maximum Gasteiger partial charge on any atom is 0.143 e. The molecule has 0 unspecified atom stereocenters. The molecule has 0 atom stereocenters. The maximum atomic E-state index is 6.90. The Bertz CT molecular complexity index is 3180. The van der Waals surface area contributed by atoms with Crippen LogP contribution in [0.4, 0.5) is 17.1 Å². The Labute approximate surface area is 322 Å². The number of fused-ring (bicyclic) bond motifs is 7. The van der Waals surface area contributed by atoms with Crippen molar-refractivity contribution in [3.8, 4) is 33.4 Å². The molecule has 258 valence electrons. The Morgan fingerprint density at radius 2 is 1.02 bits per heavy atom. The lowest BCUT2D eigenvalue weighted by Crippen LogP contribution is -2.10. The third-order valence-corrected chi connectivity index (χ3v) is 12.1. The minimum atomic E-state index is 0.860. The number of hydrogen-bond donors (Lipinski definition) is 0. The van der Waals surface area contributed by atoms with Crippen molar-refractivity contribution >= 4 is 81.3 Å². The molecule has 0 fully saturated rings. The highest BCUT2D eigenvalue weighted by Crippen LogP contribution is 2.48. The molecule has 9 aromatic carbocycles. The van der Waals surface area contributed by atoms with Crippen molar-refractivity contribution in [2.24, 2.45) is 0 Å². The van der Waals surface area contributed by atoms with Crippen molar-refractivity contribution in [2.75, 3.05) is 4.90 Å². The summed E-state index contributed by atoms with van der Waals surface area (Å²) >= 11 is 1.87. The fourth-order valence-corrected chi connectivity index (χ4v) is 9.55. The highest BCUT2D eigenvalue weighted by Gasteiger charge is 2.23. The zero-order chi connectivity index (χ0) is 36.3. The van der Waals surface area contributed by atoms with Gasteiger partial charge in [-0.1, -0.05) is 152 Å². The number of hydrogen-bond acceptors (Lipinski definition) is 3. The summed E-state index contributed by atoms with van der Waals surface area (Å²) < 4.78 is 9.54. The van der Waals surface area contributed by atoms with Crippen molar-refractivity contribution < 1.29 is 4.42 Å². The molecule has 2 aromatic heterocycles. The van der Waals surface area contributed by atoms with Crippen molar-refractivity contribution in [1.82, 2.24) is 0 Å². The van der Waals surface area contributed by atoms with Crippen LogP contribution < -0.4 is 4.90 Å². The predicted molar refractivity (Wildman–Crippen MR) is 235 cm³/mol. The van der Waals surface area contributed by atoms with Crippen LogP contribution in [0.15, 0.2) is 205 Å². The minimum absolute atomic E-state index is 0.860. The number of nitrogens with zero attached hydrogens (tertiary/aromatic N) is 1. The molecule has 0 N–H and O–H groups in total. The molecule has 0 bridgehead atoms. The number of anilines is 3. The summed E-state index contributed by atoms with van der Waals surface area (Å²) in [5.41, 5.74) is 12.1. The molecule has 3 heteroatoms. The van der Waals surface area contributed by atoms with Gasteiger partial charge in [-0.05, 0) is 87.1 Å². The number of rotatable bonds is 6. The van der Waals surface area contributed by atoms with E-state index >= 15 is 0 Å². The summed E-state index contributed by atoms with van der Waals surface area (Å²) in [4.78, 5) is 2.38. The lowest BCUT2D eigenvalue weighted by Gasteiger charge is -2.26. The van der Waals surface area contributed by atoms with Gasteiger partial charge >= 0.3 is 0 Å². The average Bonchev–Trinajstić information content (AvgIpc) is 3.83. The lowest BCUT2D eigenvalue weighted by atomic mass is 9.95. The Morgan fingerprint density at radius 3 is 1.78 bits per heavy atom. The first-order valence-corrected chi connectivity index (χ1v) is 19.5. The van der Waals surface area contributed by atoms with Crippen LogP contribution in [-0.4, -0.2) is 0 Å². The zero-order valence-electron chi connectivity index (χ0n) is 29.8. The van der Waals surface area contributed by atoms with E-state index in [1.807, 2.05) is 11.3 Å². The third kappa shape index (κ3) is 5.24. The molecule has 0 saturated carbocycles. The standard InChI is InChI=1S/C52H33NOS/c1-3-13-34(14-4-1)35-25-29-39(30-26-35)53(40-31-27-36(28-32-40)42-20-11-21-44-43-19-9-10-24-48(43)55-52(42)44)46-22-12-23-47-50(46)45-33-38-17-7-8-18-41(38)49(51(45)54-47)37-15-5-2-6-16-37/h1-33H. The topological polar surface area (TPSA) is 16.4 Å². The van der Waals surface area contributed by atoms with E-state index in [1.165, 1.54) is 53.2 Å². The molecular formula is C52H33NOS. The van der Waals surface area contributed by atoms with Gasteiger partial charge in [0.15, 0.2) is 0 Å². The fourth-order valence-electron chi connectivity index (χ4n) is 8.31. The van der Waals surface area contributed by atoms with Gasteiger partial charge < -0.3 is 9.32 Å². The van der Waals surface area contributed by atoms with Gasteiger partial charge in [0, 0.05) is 42.5 Å². The van der Waals surface area contributed by atoms with Crippen LogP contribution in [0.25, 0.3) is 86.3 Å². The normalized spacial score (nSPS) is 11.6. The van der Waals surface area contributed by atoms with E-state index in [4.69, 9.17) is 4.42 Å². The summed E-state index contributed by atoms with van der Waals surface area (Å²) in [5, 5.41) is 7.18. The highest BCUT2D eigenvalue weighted by molar-refractivity contribution is 7.26. The molecule has 55 heavy (non-hydrogen) atoms. The Balaban J connectivity index is 1.12. The van der Waals surface area contributed by atoms with Crippen molar-refractivity contribution in [3.63, 3.8) is 0 Å². The SMILES string of the molecule is c1ccc(-c2ccc(N(c3ccc(-c4cccc5c4sc4ccccc45)cc3)c3cccc4oc5c(-c6ccccc6)c6ccccc6cc5c34)cc2)cc1. The molecule has 0 aliphatic heterocycles. The predicted octanol–water partition coefficient (Wildman–Crippen LogP) is 15.6. The molecule has 0 aliphatic rings. The van der Waals surface area contributed by atoms with Crippen LogP contribution in [0.2, 0.25) is 0 Å². The largest absolute Gasteiger partial charge is 0.455 e. The minimum Gasteiger partial charge on any atom is -0.455 e. The molecule has 11 aromatic rings. The molecular weight excluding hydrogens is 687 g/mol. The Morgan fingerprint density at radius 1 is 0.418 bits per heavy atom. The van der Waals surface area contributed by atoms with Crippen molar-refractivity contribution in [1.29, 1.82) is 0 Å². The van der Waals surface area contributed by atoms with Crippen LogP contribution in [-0.2, 0) is 0 Å². The van der Waals surface area contributed by atoms with E-state index in [-0.39, 0.29) is 0 Å². The summed E-state index contributed by atoms with van der Waals surface area (Å²) in [6.07, 6.45) is 0. The summed E-state index contributed by atoms with van der Waals surface area (Å²) in [6.45, 7) is 0. The molecule has 11 rings (SSSR count). The van der Waals surface area contributed by atoms with Gasteiger partial charge in [0.25, 0.3) is 0 Å². The second kappa shape index (κ2) is 12.9. The zero-order valence-corrected chi connectivity index (χ0v) is 30.6. The van der Waals surface area contributed by atoms with Crippen LogP contribution in [0, 0.1) is 0 Å². The van der Waals surface area contributed by atoms with E-state index < -0.39 is 0 Å². The summed E-state index contributed by atoms with van der Waals surface area (Å²) in [5.74, 6) is 0. The number of furan rings is 1. The highest BCUT2D eigenvalue weighted by atomic mass is 32.1. The van der Waals surface area contributed by atoms with E-state index in [9.17, 15) is 0 Å². The quantitative estimate of drug-likeness (QED) is 0.170. The first-order valence-electron chi connectivity index (χ1n) is 18.7. The number of thiophene rings is 1. The summed E-state index contributed by atoms with van der Waals surface area (Å²) in [7, 11) is 0. The van der Waals surface area contributed by atoms with E-state index in [1.54, 1.807) is 0 Å². The van der Waals surface area contributed by atoms with Gasteiger partial charge in [0.1, 0.15) is 11.2 Å². The van der Waals surface area contributed by atoms with Gasteiger partial charge in [0.2, 0.25) is 0 Å². The second-order valence-electron chi connectivity index (χ2n) is 14.0. The molecule has 0 radical (unpaired) electrons. The second-order valence-corrected chi connectivity index (χ2v) is 15.1. The monoisotopic (exact) mass is 719 g/mol. The van der Waals surface area contributed by atoms with Crippen LogP contribution in [0.5, 0.6) is 0 Å². The Hall–Kier alpha value is -6.94. The third-order valence-electron chi connectivity index (χ3n) is 10.9. The lowest BCUT2D eigenvalue weighted by molar-refractivity contribution is 0.670. The first kappa shape index (κ1) is 31.6.